The number of Topliss-reactive ketones (excluding diaryl/α,β-unsaturated/α-hetero) is 1. The average molecular weight is 287 g/mol. The number of carboxylic acids is 1. The van der Waals surface area contributed by atoms with Crippen LogP contribution >= 0.6 is 23.5 Å². The molecule has 5 nitrogen and oxygen atoms in total. The predicted octanol–water partition coefficient (Wildman–Crippen LogP) is 1.30. The largest absolute Gasteiger partial charge is 0.480 e. The maximum Gasteiger partial charge on any atom is 0.327 e. The van der Waals surface area contributed by atoms with Crippen molar-refractivity contribution in [3.8, 4) is 0 Å². The summed E-state index contributed by atoms with van der Waals surface area (Å²) in [5, 5.41) is 8.78. The van der Waals surface area contributed by atoms with Gasteiger partial charge in [0.25, 0.3) is 5.91 Å². The van der Waals surface area contributed by atoms with E-state index in [4.69, 9.17) is 5.11 Å². The predicted molar refractivity (Wildman–Crippen MR) is 70.1 cm³/mol. The first-order valence-corrected chi connectivity index (χ1v) is 7.37. The number of rotatable bonds is 3. The van der Waals surface area contributed by atoms with E-state index in [0.717, 1.165) is 36.4 Å². The van der Waals surface area contributed by atoms with Crippen LogP contribution in [-0.2, 0) is 14.4 Å². The van der Waals surface area contributed by atoms with Gasteiger partial charge in [-0.1, -0.05) is 23.5 Å². The van der Waals surface area contributed by atoms with Crippen molar-refractivity contribution in [1.82, 2.24) is 4.90 Å². The number of hydrogen-bond acceptors (Lipinski definition) is 5. The Morgan fingerprint density at radius 2 is 1.78 bits per heavy atom. The summed E-state index contributed by atoms with van der Waals surface area (Å²) in [4.78, 5) is 36.1. The monoisotopic (exact) mass is 287 g/mol. The second-order valence-corrected chi connectivity index (χ2v) is 6.91. The van der Waals surface area contributed by atoms with Crippen molar-refractivity contribution in [2.24, 2.45) is 0 Å². The van der Waals surface area contributed by atoms with E-state index < -0.39 is 10.6 Å². The normalized spacial score (nSPS) is 22.6. The van der Waals surface area contributed by atoms with Gasteiger partial charge in [-0.25, -0.2) is 0 Å². The molecule has 0 atom stereocenters. The Hall–Kier alpha value is -0.950. The summed E-state index contributed by atoms with van der Waals surface area (Å²) in [5.74, 6) is -1.46. The van der Waals surface area contributed by atoms with E-state index in [0.29, 0.717) is 17.3 Å². The Morgan fingerprint density at radius 3 is 2.22 bits per heavy atom. The zero-order valence-corrected chi connectivity index (χ0v) is 11.5. The van der Waals surface area contributed by atoms with Crippen molar-refractivity contribution in [2.45, 2.75) is 24.3 Å². The molecule has 0 radical (unpaired) electrons. The third kappa shape index (κ3) is 2.56. The van der Waals surface area contributed by atoms with E-state index in [1.807, 2.05) is 0 Å². The SMILES string of the molecule is CC(=O)C(C(=O)N1CCCC1)=C1SC(C(=O)O)S1. The lowest BCUT2D eigenvalue weighted by molar-refractivity contribution is -0.135. The van der Waals surface area contributed by atoms with Crippen LogP contribution in [0.15, 0.2) is 9.81 Å². The molecule has 1 amide bonds. The summed E-state index contributed by atoms with van der Waals surface area (Å²) < 4.78 is -0.0486. The highest BCUT2D eigenvalue weighted by Crippen LogP contribution is 2.52. The highest BCUT2D eigenvalue weighted by molar-refractivity contribution is 8.39. The van der Waals surface area contributed by atoms with Crippen molar-refractivity contribution in [3.63, 3.8) is 0 Å². The van der Waals surface area contributed by atoms with E-state index in [1.54, 1.807) is 4.90 Å². The van der Waals surface area contributed by atoms with Gasteiger partial charge in [0.2, 0.25) is 0 Å². The van der Waals surface area contributed by atoms with Crippen LogP contribution in [0.5, 0.6) is 0 Å². The molecule has 0 saturated carbocycles. The van der Waals surface area contributed by atoms with Crippen LogP contribution in [0.1, 0.15) is 19.8 Å². The molecule has 2 aliphatic rings. The molecular formula is C11H13NO4S2. The number of thioether (sulfide) groups is 2. The second kappa shape index (κ2) is 5.36. The molecule has 1 N–H and O–H groups in total. The van der Waals surface area contributed by atoms with Gasteiger partial charge in [-0.05, 0) is 19.8 Å². The van der Waals surface area contributed by atoms with Crippen molar-refractivity contribution >= 4 is 41.2 Å². The maximum atomic E-state index is 12.2. The third-order valence-corrected chi connectivity index (χ3v) is 5.62. The average Bonchev–Trinajstić information content (AvgIpc) is 2.73. The highest BCUT2D eigenvalue weighted by atomic mass is 32.3. The molecule has 0 aromatic heterocycles. The minimum Gasteiger partial charge on any atom is -0.480 e. The fraction of sp³-hybridized carbons (Fsp3) is 0.545. The van der Waals surface area contributed by atoms with Crippen molar-refractivity contribution in [3.05, 3.63) is 9.81 Å². The Labute approximate surface area is 113 Å². The van der Waals surface area contributed by atoms with Gasteiger partial charge in [0.15, 0.2) is 10.4 Å². The molecule has 7 heteroatoms. The molecule has 98 valence electrons. The smallest absolute Gasteiger partial charge is 0.327 e. The van der Waals surface area contributed by atoms with Crippen LogP contribution < -0.4 is 0 Å². The summed E-state index contributed by atoms with van der Waals surface area (Å²) in [7, 11) is 0. The van der Waals surface area contributed by atoms with Gasteiger partial charge in [0.1, 0.15) is 5.57 Å². The molecule has 2 saturated heterocycles. The molecule has 0 aromatic rings. The van der Waals surface area contributed by atoms with Gasteiger partial charge in [-0.3, -0.25) is 14.4 Å². The van der Waals surface area contributed by atoms with Crippen molar-refractivity contribution in [1.29, 1.82) is 0 Å². The molecule has 0 aliphatic carbocycles. The van der Waals surface area contributed by atoms with Crippen LogP contribution in [0.4, 0.5) is 0 Å². The topological polar surface area (TPSA) is 74.7 Å². The van der Waals surface area contributed by atoms with E-state index in [2.05, 4.69) is 0 Å². The molecule has 2 aliphatic heterocycles. The number of carbonyl (C=O) groups excluding carboxylic acids is 2. The molecule has 0 unspecified atom stereocenters. The number of likely N-dealkylation sites (tertiary alicyclic amines) is 1. The second-order valence-electron chi connectivity index (χ2n) is 4.12. The van der Waals surface area contributed by atoms with Crippen LogP contribution in [0, 0.1) is 0 Å². The zero-order valence-electron chi connectivity index (χ0n) is 9.84. The van der Waals surface area contributed by atoms with Crippen LogP contribution in [0.25, 0.3) is 0 Å². The van der Waals surface area contributed by atoms with Gasteiger partial charge in [0, 0.05) is 13.1 Å². The third-order valence-electron chi connectivity index (χ3n) is 2.79. The van der Waals surface area contributed by atoms with E-state index in [-0.39, 0.29) is 17.3 Å². The lowest BCUT2D eigenvalue weighted by Gasteiger charge is -2.27. The van der Waals surface area contributed by atoms with Crippen molar-refractivity contribution < 1.29 is 19.5 Å². The standard InChI is InChI=1S/C11H13NO4S2/c1-6(13)7(8(14)12-4-2-3-5-12)10-17-11(18-10)9(15)16/h11H,2-5H2,1H3,(H,15,16). The van der Waals surface area contributed by atoms with Crippen LogP contribution in [0.2, 0.25) is 0 Å². The molecule has 2 heterocycles. The fourth-order valence-electron chi connectivity index (χ4n) is 1.88. The number of carboxylic acid groups (broad SMARTS) is 1. The molecule has 0 spiro atoms. The van der Waals surface area contributed by atoms with Crippen LogP contribution in [0.3, 0.4) is 0 Å². The number of hydrogen-bond donors (Lipinski definition) is 1. The lowest BCUT2D eigenvalue weighted by atomic mass is 10.2. The quantitative estimate of drug-likeness (QED) is 0.479. The Morgan fingerprint density at radius 1 is 1.22 bits per heavy atom. The van der Waals surface area contributed by atoms with Gasteiger partial charge >= 0.3 is 5.97 Å². The van der Waals surface area contributed by atoms with Gasteiger partial charge in [-0.2, -0.15) is 0 Å². The Balaban J connectivity index is 2.14. The summed E-state index contributed by atoms with van der Waals surface area (Å²) in [5.41, 5.74) is 0.157. The van der Waals surface area contributed by atoms with E-state index in [9.17, 15) is 14.4 Å². The lowest BCUT2D eigenvalue weighted by Crippen LogP contribution is -2.33. The van der Waals surface area contributed by atoms with Gasteiger partial charge in [0.05, 0.1) is 4.24 Å². The number of ketones is 1. The summed E-state index contributed by atoms with van der Waals surface area (Å²) >= 11 is 2.16. The Bertz CT molecular complexity index is 432. The minimum atomic E-state index is -0.926. The molecule has 2 fully saturated rings. The van der Waals surface area contributed by atoms with Gasteiger partial charge in [-0.15, -0.1) is 0 Å². The molecule has 2 rings (SSSR count). The van der Waals surface area contributed by atoms with Crippen molar-refractivity contribution in [2.75, 3.05) is 13.1 Å². The minimum absolute atomic E-state index is 0.157. The first-order chi connectivity index (χ1) is 8.50. The van der Waals surface area contributed by atoms with E-state index in [1.165, 1.54) is 6.92 Å². The first-order valence-electron chi connectivity index (χ1n) is 5.61. The molecule has 18 heavy (non-hydrogen) atoms. The van der Waals surface area contributed by atoms with Gasteiger partial charge < -0.3 is 10.0 Å². The number of nitrogens with zero attached hydrogens (tertiary/aromatic N) is 1. The Kier molecular flexibility index (Phi) is 4.01. The fourth-order valence-corrected chi connectivity index (χ4v) is 4.05. The number of amides is 1. The molecule has 0 aromatic carbocycles. The zero-order chi connectivity index (χ0) is 13.3. The van der Waals surface area contributed by atoms with E-state index >= 15 is 0 Å². The van der Waals surface area contributed by atoms with Crippen LogP contribution in [-0.4, -0.2) is 45.3 Å². The molecule has 0 bridgehead atoms. The summed E-state index contributed by atoms with van der Waals surface area (Å²) in [6.45, 7) is 2.71. The first kappa shape index (κ1) is 13.5. The number of aliphatic carboxylic acids is 1. The summed E-state index contributed by atoms with van der Waals surface area (Å²) in [6, 6.07) is 0. The molecular weight excluding hydrogens is 274 g/mol. The highest BCUT2D eigenvalue weighted by Gasteiger charge is 2.38. The summed E-state index contributed by atoms with van der Waals surface area (Å²) in [6.07, 6.45) is 1.93. The number of carbonyl (C=O) groups is 3. The maximum absolute atomic E-state index is 12.2.